The third-order valence-corrected chi connectivity index (χ3v) is 8.78. The van der Waals surface area contributed by atoms with Crippen molar-refractivity contribution in [3.05, 3.63) is 34.4 Å². The van der Waals surface area contributed by atoms with Crippen LogP contribution in [-0.2, 0) is 11.5 Å². The van der Waals surface area contributed by atoms with E-state index in [2.05, 4.69) is 70.3 Å². The topological polar surface area (TPSA) is 0 Å². The average molecular weight is 307 g/mol. The zero-order valence-electron chi connectivity index (χ0n) is 13.4. The van der Waals surface area contributed by atoms with Crippen molar-refractivity contribution in [1.29, 1.82) is 0 Å². The zero-order chi connectivity index (χ0) is 14.5. The van der Waals surface area contributed by atoms with Crippen LogP contribution in [0, 0.1) is 25.2 Å². The van der Waals surface area contributed by atoms with Gasteiger partial charge in [0.25, 0.3) is 0 Å². The largest absolute Gasteiger partial charge is 0.139 e. The molecule has 0 nitrogen and oxygen atoms in total. The lowest BCUT2D eigenvalue weighted by Crippen LogP contribution is -2.23. The molecular weight excluding hydrogens is 280 g/mol. The summed E-state index contributed by atoms with van der Waals surface area (Å²) in [7, 11) is 0. The molecule has 0 saturated heterocycles. The smallest absolute Gasteiger partial charge is 0.0648 e. The molecule has 1 aromatic rings. The predicted octanol–water partition coefficient (Wildman–Crippen LogP) is 5.94. The summed E-state index contributed by atoms with van der Waals surface area (Å²) in [6.07, 6.45) is 2.74. The van der Waals surface area contributed by atoms with Crippen LogP contribution in [0.25, 0.3) is 0 Å². The Labute approximate surface area is 132 Å². The maximum absolute atomic E-state index is 2.47. The first-order chi connectivity index (χ1) is 9.31. The number of rotatable bonds is 0. The standard InChI is InChI=1S/C18H26S2/c1-12-6-15-9-19-18(11-17(4,5)8-14(18)3)20-10-16(15)7-13(12)2/h6-7,14H,8-11H2,1-5H3/t14-/m1/s1. The molecule has 2 heteroatoms. The van der Waals surface area contributed by atoms with E-state index in [0.29, 0.717) is 9.49 Å². The van der Waals surface area contributed by atoms with E-state index in [9.17, 15) is 0 Å². The first-order valence-electron chi connectivity index (χ1n) is 7.68. The van der Waals surface area contributed by atoms with Crippen LogP contribution in [0.4, 0.5) is 0 Å². The Kier molecular flexibility index (Phi) is 3.70. The fourth-order valence-corrected chi connectivity index (χ4v) is 7.68. The molecule has 3 rings (SSSR count). The van der Waals surface area contributed by atoms with Crippen molar-refractivity contribution >= 4 is 23.5 Å². The van der Waals surface area contributed by atoms with E-state index in [1.165, 1.54) is 35.5 Å². The lowest BCUT2D eigenvalue weighted by atomic mass is 9.91. The van der Waals surface area contributed by atoms with Crippen LogP contribution in [0.3, 0.4) is 0 Å². The first kappa shape index (κ1) is 14.8. The van der Waals surface area contributed by atoms with Crippen molar-refractivity contribution in [2.24, 2.45) is 11.3 Å². The van der Waals surface area contributed by atoms with Crippen LogP contribution in [0.15, 0.2) is 12.1 Å². The summed E-state index contributed by atoms with van der Waals surface area (Å²) in [6, 6.07) is 4.87. The van der Waals surface area contributed by atoms with Crippen molar-refractivity contribution in [1.82, 2.24) is 0 Å². The van der Waals surface area contributed by atoms with Crippen LogP contribution in [-0.4, -0.2) is 4.08 Å². The first-order valence-corrected chi connectivity index (χ1v) is 9.65. The summed E-state index contributed by atoms with van der Waals surface area (Å²) in [5.41, 5.74) is 6.58. The highest BCUT2D eigenvalue weighted by Gasteiger charge is 2.49. The highest BCUT2D eigenvalue weighted by atomic mass is 32.2. The Hall–Kier alpha value is -0.0800. The number of aryl methyl sites for hydroxylation is 2. The van der Waals surface area contributed by atoms with Crippen molar-refractivity contribution in [2.45, 2.75) is 63.0 Å². The molecule has 1 aromatic carbocycles. The van der Waals surface area contributed by atoms with E-state index in [0.717, 1.165) is 5.92 Å². The highest BCUT2D eigenvalue weighted by molar-refractivity contribution is 8.17. The third kappa shape index (κ3) is 2.54. The van der Waals surface area contributed by atoms with Gasteiger partial charge in [-0.1, -0.05) is 32.9 Å². The summed E-state index contributed by atoms with van der Waals surface area (Å²) >= 11 is 4.45. The summed E-state index contributed by atoms with van der Waals surface area (Å²) in [4.78, 5) is 0. The number of hydrogen-bond acceptors (Lipinski definition) is 2. The Morgan fingerprint density at radius 3 is 1.90 bits per heavy atom. The fraction of sp³-hybridized carbons (Fsp3) is 0.667. The van der Waals surface area contributed by atoms with Crippen molar-refractivity contribution in [3.8, 4) is 0 Å². The lowest BCUT2D eigenvalue weighted by molar-refractivity contribution is 0.366. The molecule has 110 valence electrons. The Morgan fingerprint density at radius 1 is 1.00 bits per heavy atom. The lowest BCUT2D eigenvalue weighted by Gasteiger charge is -2.31. The maximum Gasteiger partial charge on any atom is 0.0648 e. The van der Waals surface area contributed by atoms with Crippen molar-refractivity contribution in [2.75, 3.05) is 0 Å². The molecule has 1 aliphatic carbocycles. The second kappa shape index (κ2) is 4.98. The zero-order valence-corrected chi connectivity index (χ0v) is 15.0. The molecule has 1 saturated carbocycles. The number of hydrogen-bond donors (Lipinski definition) is 0. The van der Waals surface area contributed by atoms with Gasteiger partial charge < -0.3 is 0 Å². The minimum absolute atomic E-state index is 0.449. The quantitative estimate of drug-likeness (QED) is 0.582. The molecule has 1 aliphatic heterocycles. The van der Waals surface area contributed by atoms with E-state index in [-0.39, 0.29) is 0 Å². The Morgan fingerprint density at radius 2 is 1.50 bits per heavy atom. The van der Waals surface area contributed by atoms with E-state index < -0.39 is 0 Å². The van der Waals surface area contributed by atoms with Gasteiger partial charge in [-0.15, -0.1) is 23.5 Å². The third-order valence-electron chi connectivity index (χ3n) is 5.09. The number of fused-ring (bicyclic) bond motifs is 1. The minimum Gasteiger partial charge on any atom is -0.139 e. The minimum atomic E-state index is 0.449. The van der Waals surface area contributed by atoms with E-state index in [1.807, 2.05) is 0 Å². The normalized spacial score (nSPS) is 27.4. The Balaban J connectivity index is 1.90. The van der Waals surface area contributed by atoms with E-state index in [4.69, 9.17) is 0 Å². The monoisotopic (exact) mass is 306 g/mol. The van der Waals surface area contributed by atoms with Gasteiger partial charge in [-0.25, -0.2) is 0 Å². The van der Waals surface area contributed by atoms with Gasteiger partial charge in [-0.2, -0.15) is 0 Å². The maximum atomic E-state index is 2.47. The van der Waals surface area contributed by atoms with Gasteiger partial charge >= 0.3 is 0 Å². The predicted molar refractivity (Wildman–Crippen MR) is 93.4 cm³/mol. The highest BCUT2D eigenvalue weighted by Crippen LogP contribution is 2.62. The molecule has 20 heavy (non-hydrogen) atoms. The van der Waals surface area contributed by atoms with Crippen molar-refractivity contribution in [3.63, 3.8) is 0 Å². The van der Waals surface area contributed by atoms with Crippen LogP contribution >= 0.6 is 23.5 Å². The molecule has 0 amide bonds. The molecular formula is C18H26S2. The second-order valence-electron chi connectivity index (χ2n) is 7.54. The van der Waals surface area contributed by atoms with Gasteiger partial charge in [0.1, 0.15) is 0 Å². The average Bonchev–Trinajstić information content (AvgIpc) is 2.48. The Bertz CT molecular complexity index is 497. The van der Waals surface area contributed by atoms with Gasteiger partial charge in [0, 0.05) is 11.5 Å². The van der Waals surface area contributed by atoms with Crippen LogP contribution in [0.5, 0.6) is 0 Å². The van der Waals surface area contributed by atoms with Gasteiger partial charge in [0.15, 0.2) is 0 Å². The molecule has 1 heterocycles. The van der Waals surface area contributed by atoms with Gasteiger partial charge in [0.2, 0.25) is 0 Å². The SMILES string of the molecule is Cc1cc2c(cc1C)CSC1(CC(C)(C)C[C@H]1C)SC2. The van der Waals surface area contributed by atoms with Crippen LogP contribution in [0.2, 0.25) is 0 Å². The molecule has 0 N–H and O–H groups in total. The van der Waals surface area contributed by atoms with E-state index in [1.54, 1.807) is 11.1 Å². The molecule has 1 atom stereocenters. The summed E-state index contributed by atoms with van der Waals surface area (Å²) in [6.45, 7) is 11.9. The molecule has 1 spiro atoms. The molecule has 0 bridgehead atoms. The summed E-state index contributed by atoms with van der Waals surface area (Å²) in [5.74, 6) is 3.22. The van der Waals surface area contributed by atoms with Gasteiger partial charge in [-0.05, 0) is 60.3 Å². The molecule has 2 aliphatic rings. The fourth-order valence-electron chi connectivity index (χ4n) is 3.93. The van der Waals surface area contributed by atoms with Crippen LogP contribution in [0.1, 0.15) is 55.9 Å². The summed E-state index contributed by atoms with van der Waals surface area (Å²) in [5, 5.41) is 0. The van der Waals surface area contributed by atoms with E-state index >= 15 is 0 Å². The van der Waals surface area contributed by atoms with Crippen LogP contribution < -0.4 is 0 Å². The second-order valence-corrected chi connectivity index (χ2v) is 10.4. The van der Waals surface area contributed by atoms with Gasteiger partial charge in [-0.3, -0.25) is 0 Å². The van der Waals surface area contributed by atoms with Crippen molar-refractivity contribution < 1.29 is 0 Å². The number of thioether (sulfide) groups is 2. The summed E-state index contributed by atoms with van der Waals surface area (Å²) < 4.78 is 0.449. The van der Waals surface area contributed by atoms with Gasteiger partial charge in [0.05, 0.1) is 4.08 Å². The molecule has 1 fully saturated rings. The number of benzene rings is 1. The molecule has 0 radical (unpaired) electrons. The molecule has 0 aromatic heterocycles. The molecule has 0 unspecified atom stereocenters.